The highest BCUT2D eigenvalue weighted by molar-refractivity contribution is 7.23. The first-order chi connectivity index (χ1) is 9.13. The zero-order chi connectivity index (χ0) is 13.8. The molecule has 0 radical (unpaired) electrons. The van der Waals surface area contributed by atoms with Crippen LogP contribution in [-0.2, 0) is 17.8 Å². The van der Waals surface area contributed by atoms with Crippen molar-refractivity contribution in [2.75, 3.05) is 19.5 Å². The van der Waals surface area contributed by atoms with E-state index < -0.39 is 0 Å². The minimum Gasteiger partial charge on any atom is -0.378 e. The number of hydrogen-bond acceptors (Lipinski definition) is 7. The number of ether oxygens (including phenoxy) is 1. The number of nitrogens with zero attached hydrogens (tertiary/aromatic N) is 3. The van der Waals surface area contributed by atoms with Crippen LogP contribution in [0.2, 0.25) is 0 Å². The summed E-state index contributed by atoms with van der Waals surface area (Å²) in [5.41, 5.74) is 0.960. The van der Waals surface area contributed by atoms with Crippen LogP contribution in [0.15, 0.2) is 0 Å². The highest BCUT2D eigenvalue weighted by atomic mass is 32.1. The van der Waals surface area contributed by atoms with E-state index in [9.17, 15) is 0 Å². The summed E-state index contributed by atoms with van der Waals surface area (Å²) in [6, 6.07) is 0. The van der Waals surface area contributed by atoms with Gasteiger partial charge in [0.15, 0.2) is 5.01 Å². The fourth-order valence-electron chi connectivity index (χ4n) is 1.66. The topological polar surface area (TPSA) is 59.9 Å². The van der Waals surface area contributed by atoms with Crippen molar-refractivity contribution in [1.82, 2.24) is 15.2 Å². The van der Waals surface area contributed by atoms with Crippen LogP contribution in [0.25, 0.3) is 9.88 Å². The lowest BCUT2D eigenvalue weighted by atomic mass is 10.1. The zero-order valence-corrected chi connectivity index (χ0v) is 13.2. The van der Waals surface area contributed by atoms with Crippen molar-refractivity contribution in [3.63, 3.8) is 0 Å². The molecule has 0 saturated heterocycles. The van der Waals surface area contributed by atoms with Crippen LogP contribution in [0, 0.1) is 5.92 Å². The third-order valence-electron chi connectivity index (χ3n) is 2.44. The molecule has 104 valence electrons. The van der Waals surface area contributed by atoms with Gasteiger partial charge in [-0.25, -0.2) is 4.98 Å². The molecule has 0 fully saturated rings. The maximum atomic E-state index is 5.23. The molecule has 7 heteroatoms. The van der Waals surface area contributed by atoms with Crippen LogP contribution in [0.3, 0.4) is 0 Å². The Balaban J connectivity index is 2.33. The third-order valence-corrected chi connectivity index (χ3v) is 4.65. The molecule has 0 spiro atoms. The molecule has 5 nitrogen and oxygen atoms in total. The van der Waals surface area contributed by atoms with E-state index in [1.165, 1.54) is 11.3 Å². The first kappa shape index (κ1) is 14.4. The van der Waals surface area contributed by atoms with Gasteiger partial charge in [0.1, 0.15) is 0 Å². The standard InChI is InChI=1S/C12H18N4OS2/c1-7(2)5-9-14-8(6-17-4)10(18-9)11-15-16-12(13-3)19-11/h7H,5-6H2,1-4H3,(H,13,16). The molecular formula is C12H18N4OS2. The largest absolute Gasteiger partial charge is 0.378 e. The lowest BCUT2D eigenvalue weighted by molar-refractivity contribution is 0.182. The first-order valence-electron chi connectivity index (χ1n) is 6.13. The molecule has 0 aliphatic carbocycles. The molecule has 0 bridgehead atoms. The Kier molecular flexibility index (Phi) is 4.84. The average Bonchev–Trinajstić information content (AvgIpc) is 2.95. The van der Waals surface area contributed by atoms with Gasteiger partial charge in [0.05, 0.1) is 22.2 Å². The lowest BCUT2D eigenvalue weighted by Crippen LogP contribution is -1.95. The number of thiazole rings is 1. The molecule has 2 rings (SSSR count). The predicted molar refractivity (Wildman–Crippen MR) is 79.8 cm³/mol. The van der Waals surface area contributed by atoms with E-state index in [-0.39, 0.29) is 0 Å². The molecule has 2 aromatic heterocycles. The van der Waals surface area contributed by atoms with E-state index in [4.69, 9.17) is 4.74 Å². The Hall–Kier alpha value is -1.05. The van der Waals surface area contributed by atoms with Crippen LogP contribution in [-0.4, -0.2) is 29.3 Å². The van der Waals surface area contributed by atoms with Crippen molar-refractivity contribution in [2.24, 2.45) is 5.92 Å². The molecule has 0 unspecified atom stereocenters. The second kappa shape index (κ2) is 6.40. The molecule has 0 aromatic carbocycles. The second-order valence-electron chi connectivity index (χ2n) is 4.58. The summed E-state index contributed by atoms with van der Waals surface area (Å²) in [5.74, 6) is 0.594. The normalized spacial score (nSPS) is 11.2. The smallest absolute Gasteiger partial charge is 0.205 e. The molecule has 0 atom stereocenters. The highest BCUT2D eigenvalue weighted by Gasteiger charge is 2.17. The third kappa shape index (κ3) is 3.49. The van der Waals surface area contributed by atoms with Crippen LogP contribution >= 0.6 is 22.7 Å². The number of aromatic nitrogens is 3. The Morgan fingerprint density at radius 3 is 2.63 bits per heavy atom. The van der Waals surface area contributed by atoms with Crippen molar-refractivity contribution >= 4 is 27.8 Å². The maximum Gasteiger partial charge on any atom is 0.205 e. The van der Waals surface area contributed by atoms with Gasteiger partial charge in [0, 0.05) is 20.6 Å². The summed E-state index contributed by atoms with van der Waals surface area (Å²) in [7, 11) is 3.53. The zero-order valence-electron chi connectivity index (χ0n) is 11.6. The molecule has 19 heavy (non-hydrogen) atoms. The van der Waals surface area contributed by atoms with E-state index in [0.717, 1.165) is 32.1 Å². The Labute approximate surface area is 121 Å². The molecule has 0 amide bonds. The van der Waals surface area contributed by atoms with Gasteiger partial charge in [-0.15, -0.1) is 21.5 Å². The summed E-state index contributed by atoms with van der Waals surface area (Å²) >= 11 is 3.23. The summed E-state index contributed by atoms with van der Waals surface area (Å²) in [4.78, 5) is 5.74. The van der Waals surface area contributed by atoms with Gasteiger partial charge in [0.2, 0.25) is 5.13 Å². The van der Waals surface area contributed by atoms with Crippen LogP contribution in [0.1, 0.15) is 24.5 Å². The molecule has 0 saturated carbocycles. The number of rotatable bonds is 6. The molecule has 2 aromatic rings. The van der Waals surface area contributed by atoms with Crippen LogP contribution < -0.4 is 5.32 Å². The van der Waals surface area contributed by atoms with Crippen LogP contribution in [0.5, 0.6) is 0 Å². The Morgan fingerprint density at radius 2 is 2.05 bits per heavy atom. The first-order valence-corrected chi connectivity index (χ1v) is 7.76. The minimum absolute atomic E-state index is 0.512. The quantitative estimate of drug-likeness (QED) is 0.888. The van der Waals surface area contributed by atoms with E-state index in [1.54, 1.807) is 18.4 Å². The van der Waals surface area contributed by atoms with E-state index in [2.05, 4.69) is 34.3 Å². The monoisotopic (exact) mass is 298 g/mol. The van der Waals surface area contributed by atoms with Gasteiger partial charge in [-0.2, -0.15) is 0 Å². The van der Waals surface area contributed by atoms with Crippen molar-refractivity contribution in [3.8, 4) is 9.88 Å². The van der Waals surface area contributed by atoms with Crippen molar-refractivity contribution in [2.45, 2.75) is 26.9 Å². The fourth-order valence-corrected chi connectivity index (χ4v) is 3.72. The summed E-state index contributed by atoms with van der Waals surface area (Å²) in [6.07, 6.45) is 0.985. The average molecular weight is 298 g/mol. The highest BCUT2D eigenvalue weighted by Crippen LogP contribution is 2.35. The van der Waals surface area contributed by atoms with E-state index in [0.29, 0.717) is 12.5 Å². The van der Waals surface area contributed by atoms with Crippen LogP contribution in [0.4, 0.5) is 5.13 Å². The van der Waals surface area contributed by atoms with Gasteiger partial charge in [0.25, 0.3) is 0 Å². The van der Waals surface area contributed by atoms with Gasteiger partial charge in [-0.1, -0.05) is 25.2 Å². The molecule has 1 N–H and O–H groups in total. The molecule has 2 heterocycles. The number of hydrogen-bond donors (Lipinski definition) is 1. The molecule has 0 aliphatic rings. The van der Waals surface area contributed by atoms with Gasteiger partial charge >= 0.3 is 0 Å². The minimum atomic E-state index is 0.512. The van der Waals surface area contributed by atoms with Crippen molar-refractivity contribution in [1.29, 1.82) is 0 Å². The van der Waals surface area contributed by atoms with Gasteiger partial charge in [-0.3, -0.25) is 0 Å². The van der Waals surface area contributed by atoms with Gasteiger partial charge in [-0.05, 0) is 5.92 Å². The summed E-state index contributed by atoms with van der Waals surface area (Å²) in [6.45, 7) is 4.90. The number of methoxy groups -OCH3 is 1. The Morgan fingerprint density at radius 1 is 1.26 bits per heavy atom. The lowest BCUT2D eigenvalue weighted by Gasteiger charge is -1.98. The predicted octanol–water partition coefficient (Wildman–Crippen LogP) is 3.05. The number of nitrogens with one attached hydrogen (secondary N) is 1. The van der Waals surface area contributed by atoms with E-state index in [1.807, 2.05) is 7.05 Å². The van der Waals surface area contributed by atoms with Crippen molar-refractivity contribution < 1.29 is 4.74 Å². The SMILES string of the molecule is CNc1nnc(-c2sc(CC(C)C)nc2COC)s1. The second-order valence-corrected chi connectivity index (χ2v) is 6.64. The maximum absolute atomic E-state index is 5.23. The van der Waals surface area contributed by atoms with Crippen molar-refractivity contribution in [3.05, 3.63) is 10.7 Å². The summed E-state index contributed by atoms with van der Waals surface area (Å²) in [5, 5.41) is 14.2. The molecular weight excluding hydrogens is 280 g/mol. The molecule has 0 aliphatic heterocycles. The Bertz CT molecular complexity index is 536. The van der Waals surface area contributed by atoms with Gasteiger partial charge < -0.3 is 10.1 Å². The summed E-state index contributed by atoms with van der Waals surface area (Å²) < 4.78 is 5.23. The van der Waals surface area contributed by atoms with E-state index >= 15 is 0 Å². The fraction of sp³-hybridized carbons (Fsp3) is 0.583. The number of anilines is 1.